The van der Waals surface area contributed by atoms with Crippen LogP contribution in [0.15, 0.2) is 83.9 Å². The second kappa shape index (κ2) is 10.5. The molecule has 8 heteroatoms. The molecule has 5 aromatic rings. The van der Waals surface area contributed by atoms with Gasteiger partial charge in [0.1, 0.15) is 23.3 Å². The molecule has 0 unspecified atom stereocenters. The number of hydrogen-bond acceptors (Lipinski definition) is 7. The van der Waals surface area contributed by atoms with E-state index < -0.39 is 0 Å². The van der Waals surface area contributed by atoms with E-state index in [9.17, 15) is 10.1 Å². The van der Waals surface area contributed by atoms with Crippen LogP contribution in [-0.4, -0.2) is 26.1 Å². The Morgan fingerprint density at radius 1 is 1.08 bits per heavy atom. The molecule has 2 aromatic carbocycles. The Morgan fingerprint density at radius 3 is 2.66 bits per heavy atom. The zero-order valence-electron chi connectivity index (χ0n) is 21.3. The molecule has 1 N–H and O–H groups in total. The van der Waals surface area contributed by atoms with E-state index in [-0.39, 0.29) is 11.6 Å². The van der Waals surface area contributed by atoms with Crippen molar-refractivity contribution in [3.63, 3.8) is 0 Å². The number of nitriles is 1. The molecule has 0 saturated heterocycles. The normalized spacial score (nSPS) is 11.6. The first kappa shape index (κ1) is 24.7. The number of rotatable bonds is 7. The molecule has 3 heterocycles. The molecule has 0 fully saturated rings. The summed E-state index contributed by atoms with van der Waals surface area (Å²) in [6.07, 6.45) is 3.19. The van der Waals surface area contributed by atoms with E-state index in [2.05, 4.69) is 26.3 Å². The van der Waals surface area contributed by atoms with E-state index in [0.717, 1.165) is 27.9 Å². The summed E-state index contributed by atoms with van der Waals surface area (Å²) < 4.78 is 7.32. The molecular formula is C30H26N6O2. The van der Waals surface area contributed by atoms with Crippen molar-refractivity contribution in [2.45, 2.75) is 26.8 Å². The SMILES string of the molecule is CCOc1cc(-c2cccc3cc([C@H](C)Nc4nc(C)ncc4C#N)n(-c4ccccc4)c(=O)c23)ccn1. The maximum Gasteiger partial charge on any atom is 0.263 e. The summed E-state index contributed by atoms with van der Waals surface area (Å²) in [4.78, 5) is 27.1. The fourth-order valence-electron chi connectivity index (χ4n) is 4.53. The lowest BCUT2D eigenvalue weighted by Crippen LogP contribution is -2.26. The topological polar surface area (TPSA) is 106 Å². The molecule has 0 aliphatic rings. The van der Waals surface area contributed by atoms with E-state index in [1.54, 1.807) is 17.7 Å². The Balaban J connectivity index is 1.73. The van der Waals surface area contributed by atoms with Gasteiger partial charge in [0.25, 0.3) is 5.56 Å². The number of anilines is 1. The van der Waals surface area contributed by atoms with Gasteiger partial charge in [-0.05, 0) is 61.5 Å². The van der Waals surface area contributed by atoms with Crippen molar-refractivity contribution in [2.24, 2.45) is 0 Å². The van der Waals surface area contributed by atoms with Crippen molar-refractivity contribution in [1.29, 1.82) is 5.26 Å². The third-order valence-corrected chi connectivity index (χ3v) is 6.25. The van der Waals surface area contributed by atoms with Gasteiger partial charge in [0.05, 0.1) is 24.2 Å². The Morgan fingerprint density at radius 2 is 1.89 bits per heavy atom. The Kier molecular flexibility index (Phi) is 6.83. The molecule has 0 spiro atoms. The van der Waals surface area contributed by atoms with Gasteiger partial charge in [-0.25, -0.2) is 15.0 Å². The fourth-order valence-corrected chi connectivity index (χ4v) is 4.53. The summed E-state index contributed by atoms with van der Waals surface area (Å²) in [5, 5.41) is 14.3. The summed E-state index contributed by atoms with van der Waals surface area (Å²) in [5.74, 6) is 1.48. The number of aryl methyl sites for hydroxylation is 1. The minimum Gasteiger partial charge on any atom is -0.478 e. The second-order valence-electron chi connectivity index (χ2n) is 8.79. The molecule has 8 nitrogen and oxygen atoms in total. The molecule has 0 aliphatic heterocycles. The monoisotopic (exact) mass is 502 g/mol. The van der Waals surface area contributed by atoms with Crippen LogP contribution in [-0.2, 0) is 0 Å². The van der Waals surface area contributed by atoms with Gasteiger partial charge in [-0.15, -0.1) is 0 Å². The first-order chi connectivity index (χ1) is 18.5. The Bertz CT molecular complexity index is 1720. The van der Waals surface area contributed by atoms with E-state index in [0.29, 0.717) is 35.1 Å². The van der Waals surface area contributed by atoms with Gasteiger partial charge < -0.3 is 10.1 Å². The number of ether oxygens (including phenoxy) is 1. The van der Waals surface area contributed by atoms with Crippen molar-refractivity contribution in [2.75, 3.05) is 11.9 Å². The molecule has 5 rings (SSSR count). The van der Waals surface area contributed by atoms with Gasteiger partial charge >= 0.3 is 0 Å². The highest BCUT2D eigenvalue weighted by Crippen LogP contribution is 2.31. The minimum atomic E-state index is -0.358. The van der Waals surface area contributed by atoms with Crippen LogP contribution in [0.25, 0.3) is 27.6 Å². The van der Waals surface area contributed by atoms with Crippen molar-refractivity contribution in [3.05, 3.63) is 107 Å². The summed E-state index contributed by atoms with van der Waals surface area (Å²) in [6, 6.07) is 22.9. The highest BCUT2D eigenvalue weighted by Gasteiger charge is 2.20. The van der Waals surface area contributed by atoms with Crippen LogP contribution in [0.2, 0.25) is 0 Å². The van der Waals surface area contributed by atoms with Gasteiger partial charge in [0, 0.05) is 23.6 Å². The van der Waals surface area contributed by atoms with Gasteiger partial charge in [0.2, 0.25) is 5.88 Å². The smallest absolute Gasteiger partial charge is 0.263 e. The summed E-state index contributed by atoms with van der Waals surface area (Å²) in [7, 11) is 0. The predicted octanol–water partition coefficient (Wildman–Crippen LogP) is 5.59. The third-order valence-electron chi connectivity index (χ3n) is 6.25. The van der Waals surface area contributed by atoms with Gasteiger partial charge in [0.15, 0.2) is 0 Å². The van der Waals surface area contributed by atoms with Crippen molar-refractivity contribution < 1.29 is 4.74 Å². The van der Waals surface area contributed by atoms with Crippen LogP contribution in [0.3, 0.4) is 0 Å². The maximum atomic E-state index is 14.3. The molecule has 1 atom stereocenters. The van der Waals surface area contributed by atoms with Crippen molar-refractivity contribution in [3.8, 4) is 28.8 Å². The number of benzene rings is 2. The number of hydrogen-bond donors (Lipinski definition) is 1. The number of pyridine rings is 2. The lowest BCUT2D eigenvalue weighted by molar-refractivity contribution is 0.327. The standard InChI is InChI=1S/C30H26N6O2/c1-4-38-27-16-21(13-14-32-27)25-12-8-9-22-15-26(19(2)34-29-23(17-31)18-33-20(3)35-29)36(30(37)28(22)25)24-10-6-5-7-11-24/h5-16,18-19H,4H2,1-3H3,(H,33,34,35)/t19-/m0/s1. The number of para-hydroxylation sites is 1. The summed E-state index contributed by atoms with van der Waals surface area (Å²) in [6.45, 7) is 6.12. The third kappa shape index (κ3) is 4.70. The average Bonchev–Trinajstić information content (AvgIpc) is 2.93. The predicted molar refractivity (Wildman–Crippen MR) is 147 cm³/mol. The molecule has 3 aromatic heterocycles. The Hall–Kier alpha value is -5.03. The number of aromatic nitrogens is 4. The van der Waals surface area contributed by atoms with Crippen molar-refractivity contribution in [1.82, 2.24) is 19.5 Å². The second-order valence-corrected chi connectivity index (χ2v) is 8.79. The first-order valence-electron chi connectivity index (χ1n) is 12.3. The maximum absolute atomic E-state index is 14.3. The molecule has 38 heavy (non-hydrogen) atoms. The lowest BCUT2D eigenvalue weighted by Gasteiger charge is -2.22. The number of fused-ring (bicyclic) bond motifs is 1. The minimum absolute atomic E-state index is 0.151. The highest BCUT2D eigenvalue weighted by molar-refractivity contribution is 5.96. The summed E-state index contributed by atoms with van der Waals surface area (Å²) >= 11 is 0. The largest absolute Gasteiger partial charge is 0.478 e. The molecule has 0 amide bonds. The van der Waals surface area contributed by atoms with E-state index in [4.69, 9.17) is 4.74 Å². The van der Waals surface area contributed by atoms with Crippen molar-refractivity contribution >= 4 is 16.6 Å². The molecule has 0 bridgehead atoms. The number of nitrogens with zero attached hydrogens (tertiary/aromatic N) is 5. The van der Waals surface area contributed by atoms with Crippen LogP contribution in [0.4, 0.5) is 5.82 Å². The lowest BCUT2D eigenvalue weighted by atomic mass is 9.98. The average molecular weight is 503 g/mol. The number of nitrogens with one attached hydrogen (secondary N) is 1. The molecular weight excluding hydrogens is 476 g/mol. The van der Waals surface area contributed by atoms with Gasteiger partial charge in [-0.2, -0.15) is 5.26 Å². The van der Waals surface area contributed by atoms with E-state index >= 15 is 0 Å². The molecule has 0 saturated carbocycles. The molecule has 0 aliphatic carbocycles. The van der Waals surface area contributed by atoms with E-state index in [1.807, 2.05) is 80.6 Å². The Labute approximate surface area is 220 Å². The zero-order valence-corrected chi connectivity index (χ0v) is 21.3. The summed E-state index contributed by atoms with van der Waals surface area (Å²) in [5.41, 5.74) is 3.30. The van der Waals surface area contributed by atoms with Gasteiger partial charge in [-0.3, -0.25) is 9.36 Å². The van der Waals surface area contributed by atoms with Crippen LogP contribution in [0.5, 0.6) is 5.88 Å². The van der Waals surface area contributed by atoms with Crippen LogP contribution in [0, 0.1) is 18.3 Å². The zero-order chi connectivity index (χ0) is 26.6. The van der Waals surface area contributed by atoms with Crippen LogP contribution >= 0.6 is 0 Å². The molecule has 0 radical (unpaired) electrons. The van der Waals surface area contributed by atoms with Crippen LogP contribution < -0.4 is 15.6 Å². The van der Waals surface area contributed by atoms with Crippen LogP contribution in [0.1, 0.15) is 37.0 Å². The highest BCUT2D eigenvalue weighted by atomic mass is 16.5. The quantitative estimate of drug-likeness (QED) is 0.309. The first-order valence-corrected chi connectivity index (χ1v) is 12.3. The van der Waals surface area contributed by atoms with Gasteiger partial charge in [-0.1, -0.05) is 36.4 Å². The fraction of sp³-hybridized carbons (Fsp3) is 0.167. The molecule has 188 valence electrons. The van der Waals surface area contributed by atoms with E-state index in [1.165, 1.54) is 6.20 Å².